The van der Waals surface area contributed by atoms with Gasteiger partial charge in [0.2, 0.25) is 17.8 Å². The predicted octanol–water partition coefficient (Wildman–Crippen LogP) is -0.0231. The van der Waals surface area contributed by atoms with Crippen LogP contribution in [0.1, 0.15) is 13.3 Å². The van der Waals surface area contributed by atoms with Crippen LogP contribution in [0.5, 0.6) is 0 Å². The summed E-state index contributed by atoms with van der Waals surface area (Å²) >= 11 is 0. The molecule has 1 aliphatic rings. The molecule has 1 unspecified atom stereocenters. The molecule has 4 N–H and O–H groups in total. The summed E-state index contributed by atoms with van der Waals surface area (Å²) in [6.07, 6.45) is 1.22. The molecule has 2 heterocycles. The van der Waals surface area contributed by atoms with Crippen LogP contribution in [-0.4, -0.2) is 60.1 Å². The van der Waals surface area contributed by atoms with Crippen LogP contribution < -0.4 is 21.5 Å². The van der Waals surface area contributed by atoms with E-state index in [1.54, 1.807) is 0 Å². The average molecular weight is 280 g/mol. The van der Waals surface area contributed by atoms with Crippen molar-refractivity contribution in [2.45, 2.75) is 13.3 Å². The Labute approximate surface area is 119 Å². The van der Waals surface area contributed by atoms with Gasteiger partial charge in [-0.2, -0.15) is 15.0 Å². The molecule has 0 amide bonds. The summed E-state index contributed by atoms with van der Waals surface area (Å²) in [7, 11) is 3.77. The van der Waals surface area contributed by atoms with Gasteiger partial charge in [-0.1, -0.05) is 6.92 Å². The van der Waals surface area contributed by atoms with E-state index in [1.807, 2.05) is 19.0 Å². The Morgan fingerprint density at radius 1 is 1.30 bits per heavy atom. The molecule has 0 bridgehead atoms. The van der Waals surface area contributed by atoms with E-state index in [4.69, 9.17) is 5.84 Å². The highest BCUT2D eigenvalue weighted by molar-refractivity contribution is 5.42. The lowest BCUT2D eigenvalue weighted by atomic mass is 10.1. The molecule has 0 aromatic carbocycles. The van der Waals surface area contributed by atoms with E-state index in [1.165, 1.54) is 13.0 Å². The first-order valence-corrected chi connectivity index (χ1v) is 6.98. The Bertz CT molecular complexity index is 435. The first-order chi connectivity index (χ1) is 9.62. The number of hydrogen-bond acceptors (Lipinski definition) is 8. The van der Waals surface area contributed by atoms with E-state index in [2.05, 4.69) is 37.5 Å². The van der Waals surface area contributed by atoms with Gasteiger partial charge in [0.1, 0.15) is 0 Å². The highest BCUT2D eigenvalue weighted by Gasteiger charge is 2.21. The van der Waals surface area contributed by atoms with E-state index in [0.29, 0.717) is 23.8 Å². The number of nitrogens with two attached hydrogens (primary N) is 1. The minimum absolute atomic E-state index is 0.368. The second-order valence-electron chi connectivity index (χ2n) is 5.25. The number of hydrazine groups is 1. The van der Waals surface area contributed by atoms with Gasteiger partial charge >= 0.3 is 0 Å². The van der Waals surface area contributed by atoms with Gasteiger partial charge in [-0.05, 0) is 25.4 Å². The van der Waals surface area contributed by atoms with E-state index < -0.39 is 0 Å². The Morgan fingerprint density at radius 2 is 2.05 bits per heavy atom. The lowest BCUT2D eigenvalue weighted by Crippen LogP contribution is -2.24. The number of likely N-dealkylation sites (tertiary alicyclic amines) is 1. The molecule has 1 atom stereocenters. The van der Waals surface area contributed by atoms with Gasteiger partial charge in [0.15, 0.2) is 0 Å². The van der Waals surface area contributed by atoms with E-state index in [-0.39, 0.29) is 0 Å². The standard InChI is InChI=1S/C12H24N8/c1-4-20-6-5-9(8-20)7-14-10-15-11(18-13)17-12(16-10)19(2)3/h9H,4-8,13H2,1-3H3,(H2,14,15,16,17,18). The summed E-state index contributed by atoms with van der Waals surface area (Å²) in [5.41, 5.74) is 2.47. The first-order valence-electron chi connectivity index (χ1n) is 6.98. The molecule has 0 radical (unpaired) electrons. The van der Waals surface area contributed by atoms with Crippen molar-refractivity contribution in [1.82, 2.24) is 19.9 Å². The second-order valence-corrected chi connectivity index (χ2v) is 5.25. The molecule has 20 heavy (non-hydrogen) atoms. The van der Waals surface area contributed by atoms with Gasteiger partial charge in [-0.25, -0.2) is 5.84 Å². The van der Waals surface area contributed by atoms with Crippen molar-refractivity contribution < 1.29 is 0 Å². The van der Waals surface area contributed by atoms with Crippen LogP contribution in [0.25, 0.3) is 0 Å². The second kappa shape index (κ2) is 6.67. The van der Waals surface area contributed by atoms with E-state index >= 15 is 0 Å². The van der Waals surface area contributed by atoms with Gasteiger partial charge in [0, 0.05) is 27.2 Å². The van der Waals surface area contributed by atoms with Crippen molar-refractivity contribution in [2.75, 3.05) is 55.9 Å². The summed E-state index contributed by atoms with van der Waals surface area (Å²) in [5, 5.41) is 3.29. The van der Waals surface area contributed by atoms with Crippen LogP contribution in [-0.2, 0) is 0 Å². The monoisotopic (exact) mass is 280 g/mol. The van der Waals surface area contributed by atoms with Crippen molar-refractivity contribution in [3.8, 4) is 0 Å². The number of rotatable bonds is 6. The maximum Gasteiger partial charge on any atom is 0.243 e. The summed E-state index contributed by atoms with van der Waals surface area (Å²) in [4.78, 5) is 17.0. The third kappa shape index (κ3) is 3.67. The fourth-order valence-corrected chi connectivity index (χ4v) is 2.31. The maximum atomic E-state index is 5.39. The highest BCUT2D eigenvalue weighted by Crippen LogP contribution is 2.17. The molecule has 0 spiro atoms. The van der Waals surface area contributed by atoms with Crippen molar-refractivity contribution >= 4 is 17.8 Å². The highest BCUT2D eigenvalue weighted by atomic mass is 15.4. The van der Waals surface area contributed by atoms with Crippen LogP contribution in [0.15, 0.2) is 0 Å². The maximum absolute atomic E-state index is 5.39. The smallest absolute Gasteiger partial charge is 0.243 e. The number of nitrogen functional groups attached to an aromatic ring is 1. The first kappa shape index (κ1) is 14.7. The fourth-order valence-electron chi connectivity index (χ4n) is 2.31. The minimum atomic E-state index is 0.368. The van der Waals surface area contributed by atoms with Crippen LogP contribution in [0.4, 0.5) is 17.8 Å². The third-order valence-electron chi connectivity index (χ3n) is 3.52. The molecule has 1 saturated heterocycles. The summed E-state index contributed by atoms with van der Waals surface area (Å²) in [6, 6.07) is 0. The van der Waals surface area contributed by atoms with Crippen molar-refractivity contribution in [3.63, 3.8) is 0 Å². The van der Waals surface area contributed by atoms with Gasteiger partial charge < -0.3 is 15.1 Å². The zero-order valence-corrected chi connectivity index (χ0v) is 12.4. The molecule has 0 saturated carbocycles. The molecule has 8 heteroatoms. The number of nitrogens with one attached hydrogen (secondary N) is 2. The van der Waals surface area contributed by atoms with E-state index in [9.17, 15) is 0 Å². The molecule has 8 nitrogen and oxygen atoms in total. The number of aromatic nitrogens is 3. The zero-order valence-electron chi connectivity index (χ0n) is 12.4. The van der Waals surface area contributed by atoms with Gasteiger partial charge in [-0.3, -0.25) is 5.43 Å². The quantitative estimate of drug-likeness (QED) is 0.494. The van der Waals surface area contributed by atoms with E-state index in [0.717, 1.165) is 19.6 Å². The number of nitrogens with zero attached hydrogens (tertiary/aromatic N) is 5. The lowest BCUT2D eigenvalue weighted by molar-refractivity contribution is 0.345. The average Bonchev–Trinajstić information content (AvgIpc) is 2.92. The molecular formula is C12H24N8. The third-order valence-corrected chi connectivity index (χ3v) is 3.52. The summed E-state index contributed by atoms with van der Waals surface area (Å²) < 4.78 is 0. The molecule has 1 aliphatic heterocycles. The molecule has 112 valence electrons. The van der Waals surface area contributed by atoms with Crippen LogP contribution in [0, 0.1) is 5.92 Å². The molecule has 2 rings (SSSR count). The van der Waals surface area contributed by atoms with Crippen LogP contribution in [0.3, 0.4) is 0 Å². The summed E-state index contributed by atoms with van der Waals surface area (Å²) in [6.45, 7) is 6.51. The van der Waals surface area contributed by atoms with Gasteiger partial charge in [0.25, 0.3) is 0 Å². The lowest BCUT2D eigenvalue weighted by Gasteiger charge is -2.15. The normalized spacial score (nSPS) is 19.1. The molecular weight excluding hydrogens is 256 g/mol. The van der Waals surface area contributed by atoms with Crippen LogP contribution in [0.2, 0.25) is 0 Å². The minimum Gasteiger partial charge on any atom is -0.354 e. The number of hydrogen-bond donors (Lipinski definition) is 3. The molecule has 1 aromatic heterocycles. The SMILES string of the molecule is CCN1CCC(CNc2nc(NN)nc(N(C)C)n2)C1. The van der Waals surface area contributed by atoms with Gasteiger partial charge in [0.05, 0.1) is 0 Å². The van der Waals surface area contributed by atoms with Crippen molar-refractivity contribution in [1.29, 1.82) is 0 Å². The Morgan fingerprint density at radius 3 is 2.65 bits per heavy atom. The summed E-state index contributed by atoms with van der Waals surface area (Å²) in [5.74, 6) is 7.54. The Kier molecular flexibility index (Phi) is 4.91. The molecule has 0 aliphatic carbocycles. The van der Waals surface area contributed by atoms with Crippen LogP contribution >= 0.6 is 0 Å². The largest absolute Gasteiger partial charge is 0.354 e. The predicted molar refractivity (Wildman–Crippen MR) is 80.7 cm³/mol. The van der Waals surface area contributed by atoms with Crippen molar-refractivity contribution in [3.05, 3.63) is 0 Å². The molecule has 1 fully saturated rings. The topological polar surface area (TPSA) is 95.2 Å². The van der Waals surface area contributed by atoms with Gasteiger partial charge in [-0.15, -0.1) is 0 Å². The fraction of sp³-hybridized carbons (Fsp3) is 0.750. The van der Waals surface area contributed by atoms with Crippen molar-refractivity contribution in [2.24, 2.45) is 11.8 Å². The Hall–Kier alpha value is -1.67. The number of anilines is 3. The molecule has 1 aromatic rings. The Balaban J connectivity index is 1.97. The zero-order chi connectivity index (χ0) is 14.5.